The molecule has 0 radical (unpaired) electrons. The number of aliphatic hydroxyl groups is 2. The number of aliphatic hydroxyl groups excluding tert-OH is 2. The number of aliphatic imine (C=N–C) groups is 1. The fourth-order valence-electron chi connectivity index (χ4n) is 3.96. The summed E-state index contributed by atoms with van der Waals surface area (Å²) in [5.41, 5.74) is 3.31. The van der Waals surface area contributed by atoms with Gasteiger partial charge in [-0.3, -0.25) is 9.78 Å². The highest BCUT2D eigenvalue weighted by Gasteiger charge is 2.39. The standard InChI is InChI=1S/C25H32N4O2S.C4H11NO2/c1-24(2,3)23(27-5)29-32-13-11-25(10-12-26-4)15-20-14-21(28-16-22(20)31-25)19-8-6-18(17-30)7-9-19;1-5-4(2-6)3-7/h6-9,14,16-17,26H,5,10-13,15H2,1-4H3;4-7H,2-3H2,1H3/b29-23-;. The lowest BCUT2D eigenvalue weighted by Gasteiger charge is -2.28. The maximum atomic E-state index is 10.9. The number of aldehydes is 1. The second-order valence-corrected chi connectivity index (χ2v) is 11.3. The summed E-state index contributed by atoms with van der Waals surface area (Å²) in [4.78, 5) is 19.6. The molecule has 1 aromatic heterocycles. The first-order chi connectivity index (χ1) is 18.6. The van der Waals surface area contributed by atoms with E-state index < -0.39 is 0 Å². The normalized spacial score (nSPS) is 16.8. The number of amidine groups is 1. The van der Waals surface area contributed by atoms with Gasteiger partial charge >= 0.3 is 0 Å². The molecule has 1 aliphatic rings. The van der Waals surface area contributed by atoms with Gasteiger partial charge in [-0.05, 0) is 58.2 Å². The van der Waals surface area contributed by atoms with Crippen molar-refractivity contribution in [1.29, 1.82) is 0 Å². The Hall–Kier alpha value is -2.63. The zero-order valence-corrected chi connectivity index (χ0v) is 24.6. The van der Waals surface area contributed by atoms with Crippen LogP contribution in [0, 0.1) is 5.41 Å². The van der Waals surface area contributed by atoms with E-state index in [2.05, 4.69) is 58.6 Å². The molecule has 0 saturated heterocycles. The lowest BCUT2D eigenvalue weighted by atomic mass is 9.90. The van der Waals surface area contributed by atoms with Crippen molar-refractivity contribution in [2.75, 3.05) is 39.6 Å². The van der Waals surface area contributed by atoms with Crippen LogP contribution in [0.3, 0.4) is 0 Å². The molecule has 214 valence electrons. The largest absolute Gasteiger partial charge is 0.485 e. The van der Waals surface area contributed by atoms with E-state index in [1.807, 2.05) is 37.5 Å². The fourth-order valence-corrected chi connectivity index (χ4v) is 4.97. The number of hydrogen-bond donors (Lipinski definition) is 4. The topological polar surface area (TPSA) is 128 Å². The van der Waals surface area contributed by atoms with Crippen molar-refractivity contribution in [3.8, 4) is 17.0 Å². The predicted molar refractivity (Wildman–Crippen MR) is 161 cm³/mol. The highest BCUT2D eigenvalue weighted by atomic mass is 32.2. The van der Waals surface area contributed by atoms with Crippen molar-refractivity contribution in [3.05, 3.63) is 47.7 Å². The van der Waals surface area contributed by atoms with Gasteiger partial charge in [0.2, 0.25) is 0 Å². The van der Waals surface area contributed by atoms with E-state index in [1.165, 1.54) is 17.5 Å². The number of pyridine rings is 1. The molecule has 2 heterocycles. The van der Waals surface area contributed by atoms with E-state index >= 15 is 0 Å². The third-order valence-electron chi connectivity index (χ3n) is 6.43. The van der Waals surface area contributed by atoms with Gasteiger partial charge in [0.05, 0.1) is 31.1 Å². The first kappa shape index (κ1) is 32.6. The molecule has 1 aliphatic heterocycles. The number of hydrogen-bond acceptors (Lipinski definition) is 9. The number of carbonyl (C=O) groups is 1. The van der Waals surface area contributed by atoms with Crippen molar-refractivity contribution in [3.63, 3.8) is 0 Å². The molecule has 4 N–H and O–H groups in total. The summed E-state index contributed by atoms with van der Waals surface area (Å²) in [5, 5.41) is 22.6. The van der Waals surface area contributed by atoms with Crippen molar-refractivity contribution < 1.29 is 19.7 Å². The van der Waals surface area contributed by atoms with Gasteiger partial charge in [0.25, 0.3) is 0 Å². The summed E-state index contributed by atoms with van der Waals surface area (Å²) in [6.07, 6.45) is 5.28. The van der Waals surface area contributed by atoms with Crippen molar-refractivity contribution in [2.24, 2.45) is 14.8 Å². The summed E-state index contributed by atoms with van der Waals surface area (Å²) in [7, 11) is 3.65. The van der Waals surface area contributed by atoms with Crippen molar-refractivity contribution in [1.82, 2.24) is 15.6 Å². The van der Waals surface area contributed by atoms with E-state index in [4.69, 9.17) is 14.9 Å². The Morgan fingerprint density at radius 1 is 1.23 bits per heavy atom. The second kappa shape index (κ2) is 15.8. The van der Waals surface area contributed by atoms with Crippen LogP contribution < -0.4 is 15.4 Å². The average Bonchev–Trinajstić information content (AvgIpc) is 3.30. The Kier molecular flexibility index (Phi) is 13.2. The number of nitrogens with zero attached hydrogens (tertiary/aromatic N) is 3. The predicted octanol–water partition coefficient (Wildman–Crippen LogP) is 3.59. The molecule has 0 fully saturated rings. The molecule has 1 aromatic carbocycles. The smallest absolute Gasteiger partial charge is 0.150 e. The lowest BCUT2D eigenvalue weighted by Crippen LogP contribution is -2.38. The van der Waals surface area contributed by atoms with Crippen LogP contribution in [-0.2, 0) is 6.42 Å². The zero-order valence-electron chi connectivity index (χ0n) is 23.7. The lowest BCUT2D eigenvalue weighted by molar-refractivity contribution is 0.0818. The first-order valence-electron chi connectivity index (χ1n) is 13.1. The summed E-state index contributed by atoms with van der Waals surface area (Å²) >= 11 is 1.52. The Morgan fingerprint density at radius 3 is 2.44 bits per heavy atom. The van der Waals surface area contributed by atoms with E-state index in [0.29, 0.717) is 5.56 Å². The number of fused-ring (bicyclic) bond motifs is 1. The molecule has 2 aromatic rings. The Bertz CT molecular complexity index is 1080. The number of ether oxygens (including phenoxy) is 1. The number of nitrogens with one attached hydrogen (secondary N) is 2. The minimum Gasteiger partial charge on any atom is -0.485 e. The number of carbonyl (C=O) groups excluding carboxylic acids is 1. The number of likely N-dealkylation sites (N-methyl/N-ethyl adjacent to an activating group) is 1. The molecule has 10 heteroatoms. The monoisotopic (exact) mass is 557 g/mol. The van der Waals surface area contributed by atoms with Gasteiger partial charge < -0.3 is 25.6 Å². The Balaban J connectivity index is 0.000000673. The Labute approximate surface area is 236 Å². The molecular weight excluding hydrogens is 514 g/mol. The zero-order chi connectivity index (χ0) is 28.9. The molecule has 0 aliphatic carbocycles. The van der Waals surface area contributed by atoms with Crippen LogP contribution in [0.25, 0.3) is 11.3 Å². The van der Waals surface area contributed by atoms with E-state index in [9.17, 15) is 4.79 Å². The molecular formula is C29H43N5O4S. The maximum absolute atomic E-state index is 10.9. The van der Waals surface area contributed by atoms with Gasteiger partial charge in [0.1, 0.15) is 23.5 Å². The summed E-state index contributed by atoms with van der Waals surface area (Å²) < 4.78 is 11.1. The third kappa shape index (κ3) is 9.81. The van der Waals surface area contributed by atoms with Gasteiger partial charge in [-0.1, -0.05) is 45.0 Å². The quantitative estimate of drug-likeness (QED) is 0.103. The van der Waals surface area contributed by atoms with Crippen molar-refractivity contribution >= 4 is 30.8 Å². The van der Waals surface area contributed by atoms with Gasteiger partial charge in [0.15, 0.2) is 0 Å². The highest BCUT2D eigenvalue weighted by Crippen LogP contribution is 2.40. The van der Waals surface area contributed by atoms with Crippen LogP contribution in [0.2, 0.25) is 0 Å². The fraction of sp³-hybridized carbons (Fsp3) is 0.517. The first-order valence-corrected chi connectivity index (χ1v) is 14.0. The van der Waals surface area contributed by atoms with E-state index in [1.54, 1.807) is 7.05 Å². The van der Waals surface area contributed by atoms with Crippen LogP contribution in [0.1, 0.15) is 49.5 Å². The van der Waals surface area contributed by atoms with Crippen LogP contribution in [0.4, 0.5) is 0 Å². The minimum atomic E-state index is -0.279. The molecule has 0 spiro atoms. The molecule has 9 nitrogen and oxygen atoms in total. The number of aromatic nitrogens is 1. The summed E-state index contributed by atoms with van der Waals surface area (Å²) in [5.74, 6) is 2.45. The van der Waals surface area contributed by atoms with E-state index in [-0.39, 0.29) is 30.3 Å². The van der Waals surface area contributed by atoms with Gasteiger partial charge in [-0.2, -0.15) is 0 Å². The molecule has 0 bridgehead atoms. The van der Waals surface area contributed by atoms with Crippen LogP contribution >= 0.6 is 11.9 Å². The van der Waals surface area contributed by atoms with Gasteiger partial charge in [-0.15, -0.1) is 0 Å². The van der Waals surface area contributed by atoms with Crippen LogP contribution in [0.15, 0.2) is 45.9 Å². The molecule has 0 amide bonds. The summed E-state index contributed by atoms with van der Waals surface area (Å²) in [6.45, 7) is 10.8. The van der Waals surface area contributed by atoms with Crippen molar-refractivity contribution in [2.45, 2.75) is 51.7 Å². The SMILES string of the molecule is C=N/C(=N\SCCC1(CCNC)Cc2cc(-c3ccc(C=O)cc3)ncc2O1)C(C)(C)C.CNC(CO)CO. The number of rotatable bonds is 12. The Morgan fingerprint density at radius 2 is 1.92 bits per heavy atom. The van der Waals surface area contributed by atoms with Gasteiger partial charge in [0, 0.05) is 34.3 Å². The maximum Gasteiger partial charge on any atom is 0.150 e. The molecule has 3 rings (SSSR count). The number of benzene rings is 1. The van der Waals surface area contributed by atoms with Crippen LogP contribution in [-0.4, -0.2) is 85.3 Å². The average molecular weight is 558 g/mol. The third-order valence-corrected chi connectivity index (χ3v) is 7.12. The molecule has 1 unspecified atom stereocenters. The minimum absolute atomic E-state index is 0.00694. The molecule has 39 heavy (non-hydrogen) atoms. The summed E-state index contributed by atoms with van der Waals surface area (Å²) in [6, 6.07) is 9.44. The van der Waals surface area contributed by atoms with Crippen LogP contribution in [0.5, 0.6) is 5.75 Å². The molecule has 1 atom stereocenters. The van der Waals surface area contributed by atoms with Gasteiger partial charge in [-0.25, -0.2) is 9.39 Å². The molecule has 0 saturated carbocycles. The van der Waals surface area contributed by atoms with E-state index in [0.717, 1.165) is 60.7 Å². The highest BCUT2D eigenvalue weighted by molar-refractivity contribution is 7.98. The second-order valence-electron chi connectivity index (χ2n) is 10.5.